The zero-order chi connectivity index (χ0) is 40.7. The van der Waals surface area contributed by atoms with E-state index in [0.717, 1.165) is 51.4 Å². The summed E-state index contributed by atoms with van der Waals surface area (Å²) in [6.07, 6.45) is 39.7. The van der Waals surface area contributed by atoms with Gasteiger partial charge in [-0.15, -0.1) is 0 Å². The van der Waals surface area contributed by atoms with Gasteiger partial charge in [-0.2, -0.15) is 0 Å². The highest BCUT2D eigenvalue weighted by molar-refractivity contribution is 7.47. The van der Waals surface area contributed by atoms with E-state index in [4.69, 9.17) is 18.5 Å². The number of hydrogen-bond acceptors (Lipinski definition) is 7. The molecule has 0 amide bonds. The van der Waals surface area contributed by atoms with Crippen LogP contribution in [0.25, 0.3) is 0 Å². The Balaban J connectivity index is 4.28. The number of hydrogen-bond donors (Lipinski definition) is 1. The summed E-state index contributed by atoms with van der Waals surface area (Å²) in [5.41, 5.74) is 0. The maximum Gasteiger partial charge on any atom is 0.472 e. The van der Waals surface area contributed by atoms with Crippen molar-refractivity contribution in [3.05, 3.63) is 12.2 Å². The molecule has 0 saturated heterocycles. The molecule has 0 aliphatic heterocycles. The van der Waals surface area contributed by atoms with Gasteiger partial charge in [0.05, 0.1) is 27.7 Å². The molecule has 0 bridgehead atoms. The molecule has 0 aliphatic carbocycles. The number of phosphoric acid groups is 1. The number of allylic oxidation sites excluding steroid dienone is 2. The highest BCUT2D eigenvalue weighted by Crippen LogP contribution is 2.43. The molecule has 9 nitrogen and oxygen atoms in total. The van der Waals surface area contributed by atoms with Crippen LogP contribution in [-0.2, 0) is 32.7 Å². The van der Waals surface area contributed by atoms with Crippen LogP contribution in [0.4, 0.5) is 0 Å². The molecule has 1 unspecified atom stereocenters. The molecule has 1 N–H and O–H groups in total. The minimum atomic E-state index is -4.37. The van der Waals surface area contributed by atoms with Gasteiger partial charge < -0.3 is 18.9 Å². The van der Waals surface area contributed by atoms with Crippen LogP contribution in [0.3, 0.4) is 0 Å². The van der Waals surface area contributed by atoms with Crippen LogP contribution in [0.15, 0.2) is 12.2 Å². The summed E-state index contributed by atoms with van der Waals surface area (Å²) in [6, 6.07) is 0. The van der Waals surface area contributed by atoms with Gasteiger partial charge in [0.2, 0.25) is 0 Å². The molecule has 0 fully saturated rings. The Labute approximate surface area is 339 Å². The van der Waals surface area contributed by atoms with Crippen LogP contribution in [0.1, 0.15) is 213 Å². The van der Waals surface area contributed by atoms with Crippen molar-refractivity contribution in [2.45, 2.75) is 219 Å². The van der Waals surface area contributed by atoms with Crippen LogP contribution in [-0.4, -0.2) is 74.9 Å². The lowest BCUT2D eigenvalue weighted by Gasteiger charge is -2.24. The third kappa shape index (κ3) is 42.2. The number of likely N-dealkylation sites (N-methyl/N-ethyl adjacent to an activating group) is 1. The Kier molecular flexibility index (Phi) is 37.4. The number of unbranched alkanes of at least 4 members (excludes halogenated alkanes) is 26. The predicted molar refractivity (Wildman–Crippen MR) is 229 cm³/mol. The van der Waals surface area contributed by atoms with Crippen LogP contribution < -0.4 is 0 Å². The van der Waals surface area contributed by atoms with Crippen molar-refractivity contribution in [2.24, 2.45) is 0 Å². The number of carbonyl (C=O) groups is 2. The summed E-state index contributed by atoms with van der Waals surface area (Å²) in [6.45, 7) is 4.42. The highest BCUT2D eigenvalue weighted by atomic mass is 31.2. The first-order valence-corrected chi connectivity index (χ1v) is 24.4. The van der Waals surface area contributed by atoms with Gasteiger partial charge in [0.1, 0.15) is 19.8 Å². The first-order chi connectivity index (χ1) is 26.5. The van der Waals surface area contributed by atoms with Gasteiger partial charge in [0.25, 0.3) is 0 Å². The fourth-order valence-electron chi connectivity index (χ4n) is 6.42. The number of ether oxygens (including phenoxy) is 2. The number of nitrogens with zero attached hydrogens (tertiary/aromatic N) is 1. The lowest BCUT2D eigenvalue weighted by molar-refractivity contribution is -0.870. The molecule has 0 aromatic carbocycles. The molecule has 0 heterocycles. The van der Waals surface area contributed by atoms with E-state index < -0.39 is 26.5 Å². The van der Waals surface area contributed by atoms with Gasteiger partial charge in [0, 0.05) is 12.8 Å². The molecule has 2 atom stereocenters. The smallest absolute Gasteiger partial charge is 0.462 e. The first kappa shape index (κ1) is 53.8. The van der Waals surface area contributed by atoms with Crippen molar-refractivity contribution in [2.75, 3.05) is 47.5 Å². The van der Waals surface area contributed by atoms with Crippen molar-refractivity contribution in [1.82, 2.24) is 0 Å². The van der Waals surface area contributed by atoms with Crippen LogP contribution in [0.5, 0.6) is 0 Å². The maximum atomic E-state index is 12.7. The number of esters is 2. The summed E-state index contributed by atoms with van der Waals surface area (Å²) in [4.78, 5) is 35.4. The van der Waals surface area contributed by atoms with Gasteiger partial charge in [-0.05, 0) is 38.5 Å². The predicted octanol–water partition coefficient (Wildman–Crippen LogP) is 13.0. The number of carbonyl (C=O) groups excluding carboxylic acids is 2. The van der Waals surface area contributed by atoms with E-state index in [1.165, 1.54) is 128 Å². The van der Waals surface area contributed by atoms with E-state index in [0.29, 0.717) is 23.9 Å². The van der Waals surface area contributed by atoms with E-state index >= 15 is 0 Å². The minimum Gasteiger partial charge on any atom is -0.462 e. The molecular formula is C45H89NO8P+. The minimum absolute atomic E-state index is 0.0332. The molecule has 326 valence electrons. The zero-order valence-corrected chi connectivity index (χ0v) is 37.6. The second-order valence-corrected chi connectivity index (χ2v) is 18.2. The normalized spacial score (nSPS) is 13.6. The standard InChI is InChI=1S/C45H88NO8P/c1-6-8-10-12-14-16-18-20-21-22-23-24-26-27-29-31-33-35-37-44(47)51-41-43(42-53-55(49,50)52-40-39-46(3,4)5)54-45(48)38-36-34-32-30-28-25-19-17-15-13-11-9-7-2/h17,19,43H,6-16,18,20-42H2,1-5H3/p+1/b19-17+/t43-/m0/s1. The van der Waals surface area contributed by atoms with Gasteiger partial charge in [-0.1, -0.05) is 174 Å². The van der Waals surface area contributed by atoms with Gasteiger partial charge in [-0.3, -0.25) is 18.6 Å². The summed E-state index contributed by atoms with van der Waals surface area (Å²) in [5.74, 6) is -0.798. The summed E-state index contributed by atoms with van der Waals surface area (Å²) < 4.78 is 34.3. The van der Waals surface area contributed by atoms with Crippen LogP contribution in [0.2, 0.25) is 0 Å². The van der Waals surface area contributed by atoms with Crippen LogP contribution in [0, 0.1) is 0 Å². The Morgan fingerprint density at radius 3 is 1.36 bits per heavy atom. The average Bonchev–Trinajstić information content (AvgIpc) is 3.13. The third-order valence-electron chi connectivity index (χ3n) is 10.0. The second kappa shape index (κ2) is 38.3. The third-order valence-corrected chi connectivity index (χ3v) is 11.0. The van der Waals surface area contributed by atoms with Crippen molar-refractivity contribution >= 4 is 19.8 Å². The van der Waals surface area contributed by atoms with E-state index in [-0.39, 0.29) is 25.6 Å². The Hall–Kier alpha value is -1.25. The topological polar surface area (TPSA) is 108 Å². The summed E-state index contributed by atoms with van der Waals surface area (Å²) >= 11 is 0. The van der Waals surface area contributed by atoms with Crippen molar-refractivity contribution in [3.63, 3.8) is 0 Å². The molecule has 0 rings (SSSR count). The Morgan fingerprint density at radius 1 is 0.545 bits per heavy atom. The van der Waals surface area contributed by atoms with Crippen molar-refractivity contribution in [3.8, 4) is 0 Å². The summed E-state index contributed by atoms with van der Waals surface area (Å²) in [5, 5.41) is 0. The van der Waals surface area contributed by atoms with Crippen molar-refractivity contribution in [1.29, 1.82) is 0 Å². The lowest BCUT2D eigenvalue weighted by Crippen LogP contribution is -2.37. The van der Waals surface area contributed by atoms with E-state index in [1.54, 1.807) is 0 Å². The quantitative estimate of drug-likeness (QED) is 0.0214. The maximum absolute atomic E-state index is 12.7. The number of rotatable bonds is 42. The highest BCUT2D eigenvalue weighted by Gasteiger charge is 2.27. The average molecular weight is 803 g/mol. The lowest BCUT2D eigenvalue weighted by atomic mass is 10.0. The zero-order valence-electron chi connectivity index (χ0n) is 36.7. The fourth-order valence-corrected chi connectivity index (χ4v) is 7.16. The number of quaternary nitrogens is 1. The monoisotopic (exact) mass is 803 g/mol. The van der Waals surface area contributed by atoms with Crippen LogP contribution >= 0.6 is 7.82 Å². The molecule has 55 heavy (non-hydrogen) atoms. The van der Waals surface area contributed by atoms with Gasteiger partial charge in [0.15, 0.2) is 6.10 Å². The molecule has 0 saturated carbocycles. The van der Waals surface area contributed by atoms with E-state index in [1.807, 2.05) is 21.1 Å². The van der Waals surface area contributed by atoms with E-state index in [9.17, 15) is 19.0 Å². The van der Waals surface area contributed by atoms with E-state index in [2.05, 4.69) is 26.0 Å². The fraction of sp³-hybridized carbons (Fsp3) is 0.911. The van der Waals surface area contributed by atoms with Gasteiger partial charge >= 0.3 is 19.8 Å². The van der Waals surface area contributed by atoms with Crippen molar-refractivity contribution < 1.29 is 42.1 Å². The molecule has 0 aromatic rings. The molecular weight excluding hydrogens is 713 g/mol. The second-order valence-electron chi connectivity index (χ2n) is 16.8. The molecule has 0 aliphatic rings. The Bertz CT molecular complexity index is 954. The SMILES string of the molecule is CCCCCC/C=C/CCCCCCCC(=O)O[C@@H](COC(=O)CCCCCCCCCCCCCCCCCCCC)COP(=O)(O)OCC[N+](C)(C)C. The number of phosphoric ester groups is 1. The largest absolute Gasteiger partial charge is 0.472 e. The first-order valence-electron chi connectivity index (χ1n) is 22.9. The molecule has 0 aromatic heterocycles. The van der Waals surface area contributed by atoms with Gasteiger partial charge in [-0.25, -0.2) is 4.57 Å². The summed E-state index contributed by atoms with van der Waals surface area (Å²) in [7, 11) is 1.48. The molecule has 10 heteroatoms. The molecule has 0 spiro atoms. The Morgan fingerprint density at radius 2 is 0.927 bits per heavy atom. The molecule has 0 radical (unpaired) electrons.